The van der Waals surface area contributed by atoms with E-state index in [1.54, 1.807) is 18.3 Å². The third kappa shape index (κ3) is 1.64. The van der Waals surface area contributed by atoms with Crippen LogP contribution in [0.25, 0.3) is 22.3 Å². The van der Waals surface area contributed by atoms with Gasteiger partial charge in [-0.3, -0.25) is 4.98 Å². The van der Waals surface area contributed by atoms with Crippen LogP contribution in [0.3, 0.4) is 0 Å². The summed E-state index contributed by atoms with van der Waals surface area (Å²) in [5, 5.41) is 10.2. The Balaban J connectivity index is 2.23. The molecule has 0 unspecified atom stereocenters. The zero-order valence-electron chi connectivity index (χ0n) is 9.42. The summed E-state index contributed by atoms with van der Waals surface area (Å²) in [6.07, 6.45) is 1.59. The fourth-order valence-electron chi connectivity index (χ4n) is 1.99. The first-order valence-corrected chi connectivity index (χ1v) is 5.52. The van der Waals surface area contributed by atoms with Crippen molar-refractivity contribution < 1.29 is 9.90 Å². The summed E-state index contributed by atoms with van der Waals surface area (Å²) in [6, 6.07) is 12.9. The maximum atomic E-state index is 11.2. The van der Waals surface area contributed by atoms with E-state index in [4.69, 9.17) is 5.11 Å². The first-order valence-electron chi connectivity index (χ1n) is 5.52. The Bertz CT molecular complexity index is 698. The molecule has 4 heteroatoms. The van der Waals surface area contributed by atoms with Gasteiger partial charge in [-0.15, -0.1) is 0 Å². The number of aromatic carboxylic acids is 1. The molecule has 0 aliphatic rings. The van der Waals surface area contributed by atoms with Crippen LogP contribution >= 0.6 is 0 Å². The zero-order chi connectivity index (χ0) is 12.5. The minimum atomic E-state index is -0.975. The lowest BCUT2D eigenvalue weighted by Gasteiger charge is -2.01. The fraction of sp³-hybridized carbons (Fsp3) is 0. The van der Waals surface area contributed by atoms with Crippen molar-refractivity contribution in [3.8, 4) is 11.4 Å². The van der Waals surface area contributed by atoms with Crippen molar-refractivity contribution in [3.05, 3.63) is 54.2 Å². The summed E-state index contributed by atoms with van der Waals surface area (Å²) >= 11 is 0. The van der Waals surface area contributed by atoms with Gasteiger partial charge in [0, 0.05) is 17.1 Å². The number of H-pyrrole nitrogens is 1. The molecule has 2 heterocycles. The van der Waals surface area contributed by atoms with Crippen molar-refractivity contribution in [2.45, 2.75) is 0 Å². The molecular weight excluding hydrogens is 228 g/mol. The Labute approximate surface area is 103 Å². The van der Waals surface area contributed by atoms with Crippen LogP contribution in [0.1, 0.15) is 10.4 Å². The largest absolute Gasteiger partial charge is 0.478 e. The Hall–Kier alpha value is -2.62. The van der Waals surface area contributed by atoms with Gasteiger partial charge in [-0.05, 0) is 24.3 Å². The normalized spacial score (nSPS) is 10.7. The van der Waals surface area contributed by atoms with Crippen molar-refractivity contribution in [1.82, 2.24) is 9.97 Å². The van der Waals surface area contributed by atoms with Gasteiger partial charge >= 0.3 is 5.97 Å². The lowest BCUT2D eigenvalue weighted by molar-refractivity contribution is 0.0697. The minimum absolute atomic E-state index is 0.198. The summed E-state index contributed by atoms with van der Waals surface area (Å²) < 4.78 is 0. The van der Waals surface area contributed by atoms with Crippen LogP contribution in [-0.4, -0.2) is 21.0 Å². The van der Waals surface area contributed by atoms with Crippen LogP contribution in [0.4, 0.5) is 0 Å². The van der Waals surface area contributed by atoms with E-state index < -0.39 is 5.97 Å². The number of nitrogens with one attached hydrogen (secondary N) is 1. The van der Waals surface area contributed by atoms with Crippen LogP contribution in [0.5, 0.6) is 0 Å². The third-order valence-electron chi connectivity index (χ3n) is 2.82. The Morgan fingerprint density at radius 2 is 2.00 bits per heavy atom. The van der Waals surface area contributed by atoms with Gasteiger partial charge in [-0.1, -0.05) is 18.2 Å². The average Bonchev–Trinajstić information content (AvgIpc) is 2.82. The number of fused-ring (bicyclic) bond motifs is 1. The van der Waals surface area contributed by atoms with E-state index in [-0.39, 0.29) is 5.56 Å². The standard InChI is InChI=1S/C14H10N2O2/c17-14(18)10-5-3-7-15-13(10)12-8-9-4-1-2-6-11(9)16-12/h1-8,16H,(H,17,18). The molecule has 0 aliphatic carbocycles. The predicted molar refractivity (Wildman–Crippen MR) is 68.5 cm³/mol. The topological polar surface area (TPSA) is 66.0 Å². The fourth-order valence-corrected chi connectivity index (χ4v) is 1.99. The van der Waals surface area contributed by atoms with Crippen molar-refractivity contribution in [2.75, 3.05) is 0 Å². The smallest absolute Gasteiger partial charge is 0.337 e. The SMILES string of the molecule is O=C(O)c1cccnc1-c1cc2ccccc2[nH]1. The first kappa shape index (κ1) is 10.5. The van der Waals surface area contributed by atoms with Gasteiger partial charge in [-0.25, -0.2) is 4.79 Å². The number of hydrogen-bond acceptors (Lipinski definition) is 2. The van der Waals surface area contributed by atoms with E-state index in [9.17, 15) is 4.79 Å². The maximum Gasteiger partial charge on any atom is 0.337 e. The molecule has 0 fully saturated rings. The first-order chi connectivity index (χ1) is 8.75. The Morgan fingerprint density at radius 1 is 1.17 bits per heavy atom. The lowest BCUT2D eigenvalue weighted by atomic mass is 10.1. The van der Waals surface area contributed by atoms with Crippen molar-refractivity contribution in [1.29, 1.82) is 0 Å². The molecule has 0 bridgehead atoms. The van der Waals surface area contributed by atoms with Crippen molar-refractivity contribution in [2.24, 2.45) is 0 Å². The summed E-state index contributed by atoms with van der Waals surface area (Å²) in [7, 11) is 0. The quantitative estimate of drug-likeness (QED) is 0.721. The molecule has 2 aromatic heterocycles. The molecule has 18 heavy (non-hydrogen) atoms. The lowest BCUT2D eigenvalue weighted by Crippen LogP contribution is -2.01. The van der Waals surface area contributed by atoms with E-state index in [0.29, 0.717) is 11.4 Å². The molecule has 0 radical (unpaired) electrons. The number of para-hydroxylation sites is 1. The minimum Gasteiger partial charge on any atom is -0.478 e. The molecular formula is C14H10N2O2. The van der Waals surface area contributed by atoms with E-state index in [1.807, 2.05) is 30.3 Å². The maximum absolute atomic E-state index is 11.2. The second-order valence-electron chi connectivity index (χ2n) is 3.97. The summed E-state index contributed by atoms with van der Waals surface area (Å²) in [6.45, 7) is 0. The van der Waals surface area contributed by atoms with Gasteiger partial charge < -0.3 is 10.1 Å². The number of aromatic amines is 1. The molecule has 1 aromatic carbocycles. The van der Waals surface area contributed by atoms with Crippen LogP contribution in [0.15, 0.2) is 48.7 Å². The number of nitrogens with zero attached hydrogens (tertiary/aromatic N) is 1. The highest BCUT2D eigenvalue weighted by Gasteiger charge is 2.13. The number of rotatable bonds is 2. The Kier molecular flexibility index (Phi) is 2.34. The van der Waals surface area contributed by atoms with Gasteiger partial charge in [0.15, 0.2) is 0 Å². The monoisotopic (exact) mass is 238 g/mol. The van der Waals surface area contributed by atoms with E-state index in [1.165, 1.54) is 0 Å². The van der Waals surface area contributed by atoms with Crippen LogP contribution in [0, 0.1) is 0 Å². The summed E-state index contributed by atoms with van der Waals surface area (Å²) in [5.74, 6) is -0.975. The number of carboxylic acids is 1. The second kappa shape index (κ2) is 4.00. The predicted octanol–water partition coefficient (Wildman–Crippen LogP) is 2.93. The zero-order valence-corrected chi connectivity index (χ0v) is 9.42. The molecule has 2 N–H and O–H groups in total. The molecule has 4 nitrogen and oxygen atoms in total. The number of hydrogen-bond donors (Lipinski definition) is 2. The van der Waals surface area contributed by atoms with Crippen molar-refractivity contribution >= 4 is 16.9 Å². The molecule has 88 valence electrons. The van der Waals surface area contributed by atoms with Gasteiger partial charge in [-0.2, -0.15) is 0 Å². The molecule has 0 saturated carbocycles. The van der Waals surface area contributed by atoms with E-state index in [2.05, 4.69) is 9.97 Å². The third-order valence-corrected chi connectivity index (χ3v) is 2.82. The van der Waals surface area contributed by atoms with Gasteiger partial charge in [0.25, 0.3) is 0 Å². The summed E-state index contributed by atoms with van der Waals surface area (Å²) in [5.41, 5.74) is 2.34. The molecule has 0 aliphatic heterocycles. The summed E-state index contributed by atoms with van der Waals surface area (Å²) in [4.78, 5) is 18.5. The van der Waals surface area contributed by atoms with Gasteiger partial charge in [0.05, 0.1) is 11.3 Å². The number of carbonyl (C=O) groups is 1. The van der Waals surface area contributed by atoms with E-state index in [0.717, 1.165) is 10.9 Å². The van der Waals surface area contributed by atoms with Crippen LogP contribution in [0.2, 0.25) is 0 Å². The molecule has 3 aromatic rings. The number of carboxylic acid groups (broad SMARTS) is 1. The van der Waals surface area contributed by atoms with Crippen molar-refractivity contribution in [3.63, 3.8) is 0 Å². The Morgan fingerprint density at radius 3 is 2.78 bits per heavy atom. The molecule has 0 amide bonds. The molecule has 0 spiro atoms. The highest BCUT2D eigenvalue weighted by atomic mass is 16.4. The van der Waals surface area contributed by atoms with Crippen LogP contribution in [-0.2, 0) is 0 Å². The second-order valence-corrected chi connectivity index (χ2v) is 3.97. The van der Waals surface area contributed by atoms with Gasteiger partial charge in [0.2, 0.25) is 0 Å². The molecule has 0 atom stereocenters. The molecule has 0 saturated heterocycles. The highest BCUT2D eigenvalue weighted by molar-refractivity contribution is 5.96. The number of pyridine rings is 1. The van der Waals surface area contributed by atoms with Crippen LogP contribution < -0.4 is 0 Å². The number of aromatic nitrogens is 2. The van der Waals surface area contributed by atoms with Gasteiger partial charge in [0.1, 0.15) is 5.69 Å². The average molecular weight is 238 g/mol. The number of benzene rings is 1. The van der Waals surface area contributed by atoms with E-state index >= 15 is 0 Å². The molecule has 3 rings (SSSR count). The highest BCUT2D eigenvalue weighted by Crippen LogP contribution is 2.24.